The van der Waals surface area contributed by atoms with Crippen LogP contribution in [0.1, 0.15) is 11.1 Å². The first kappa shape index (κ1) is 14.5. The molecule has 1 aromatic heterocycles. The molecule has 0 aliphatic rings. The molecule has 3 rings (SSSR count). The Balaban J connectivity index is 2.01. The van der Waals surface area contributed by atoms with Crippen LogP contribution in [0, 0.1) is 13.8 Å². The standard InChI is InChI=1S/C17H16N2O2S/c1-12-5-7-15(8-6-12)22(20,21)19-16-11-17-14(10-13(16)2)4-3-9-18-17/h3-11,19H,1-2H3. The Hall–Kier alpha value is -2.40. The molecule has 22 heavy (non-hydrogen) atoms. The lowest BCUT2D eigenvalue weighted by atomic mass is 10.1. The van der Waals surface area contributed by atoms with Gasteiger partial charge in [-0.2, -0.15) is 0 Å². The SMILES string of the molecule is Cc1ccc(S(=O)(=O)Nc2cc3ncccc3cc2C)cc1. The number of rotatable bonds is 3. The van der Waals surface area contributed by atoms with E-state index in [1.807, 2.05) is 32.0 Å². The van der Waals surface area contributed by atoms with E-state index in [-0.39, 0.29) is 4.90 Å². The van der Waals surface area contributed by atoms with Gasteiger partial charge in [0.05, 0.1) is 16.1 Å². The molecule has 1 heterocycles. The van der Waals surface area contributed by atoms with Gasteiger partial charge in [-0.05, 0) is 49.7 Å². The summed E-state index contributed by atoms with van der Waals surface area (Å²) in [4.78, 5) is 4.51. The molecule has 1 N–H and O–H groups in total. The molecule has 0 amide bonds. The van der Waals surface area contributed by atoms with Gasteiger partial charge < -0.3 is 0 Å². The van der Waals surface area contributed by atoms with Gasteiger partial charge in [0, 0.05) is 11.6 Å². The normalized spacial score (nSPS) is 11.5. The van der Waals surface area contributed by atoms with Crippen molar-refractivity contribution < 1.29 is 8.42 Å². The minimum Gasteiger partial charge on any atom is -0.279 e. The fourth-order valence-corrected chi connectivity index (χ4v) is 3.39. The molecule has 0 fully saturated rings. The van der Waals surface area contributed by atoms with Gasteiger partial charge in [-0.1, -0.05) is 23.8 Å². The zero-order valence-corrected chi connectivity index (χ0v) is 13.2. The third-order valence-electron chi connectivity index (χ3n) is 3.52. The molecule has 0 bridgehead atoms. The molecule has 5 heteroatoms. The van der Waals surface area contributed by atoms with Crippen molar-refractivity contribution >= 4 is 26.6 Å². The zero-order chi connectivity index (χ0) is 15.7. The van der Waals surface area contributed by atoms with E-state index in [0.717, 1.165) is 22.0 Å². The largest absolute Gasteiger partial charge is 0.279 e. The monoisotopic (exact) mass is 312 g/mol. The molecular weight excluding hydrogens is 296 g/mol. The molecule has 112 valence electrons. The summed E-state index contributed by atoms with van der Waals surface area (Å²) in [6.45, 7) is 3.79. The van der Waals surface area contributed by atoms with Gasteiger partial charge in [-0.3, -0.25) is 9.71 Å². The summed E-state index contributed by atoms with van der Waals surface area (Å²) >= 11 is 0. The first-order valence-electron chi connectivity index (χ1n) is 6.90. The summed E-state index contributed by atoms with van der Waals surface area (Å²) in [6.07, 6.45) is 1.69. The second-order valence-electron chi connectivity index (χ2n) is 5.28. The maximum atomic E-state index is 12.5. The third kappa shape index (κ3) is 2.80. The minimum absolute atomic E-state index is 0.249. The number of benzene rings is 2. The average Bonchev–Trinajstić information content (AvgIpc) is 2.48. The van der Waals surface area contributed by atoms with Gasteiger partial charge in [0.25, 0.3) is 10.0 Å². The van der Waals surface area contributed by atoms with E-state index >= 15 is 0 Å². The Labute approximate surface area is 129 Å². The van der Waals surface area contributed by atoms with Crippen LogP contribution in [0.2, 0.25) is 0 Å². The number of sulfonamides is 1. The van der Waals surface area contributed by atoms with Gasteiger partial charge in [0.1, 0.15) is 0 Å². The summed E-state index contributed by atoms with van der Waals surface area (Å²) < 4.78 is 27.6. The van der Waals surface area contributed by atoms with E-state index in [4.69, 9.17) is 0 Å². The Bertz CT molecular complexity index is 933. The molecule has 3 aromatic rings. The lowest BCUT2D eigenvalue weighted by Crippen LogP contribution is -2.13. The van der Waals surface area contributed by atoms with Crippen LogP contribution in [-0.4, -0.2) is 13.4 Å². The van der Waals surface area contributed by atoms with E-state index in [9.17, 15) is 8.42 Å². The summed E-state index contributed by atoms with van der Waals surface area (Å²) in [6, 6.07) is 14.3. The summed E-state index contributed by atoms with van der Waals surface area (Å²) in [5.74, 6) is 0. The van der Waals surface area contributed by atoms with E-state index < -0.39 is 10.0 Å². The van der Waals surface area contributed by atoms with Crippen LogP contribution < -0.4 is 4.72 Å². The number of hydrogen-bond acceptors (Lipinski definition) is 3. The van der Waals surface area contributed by atoms with Crippen LogP contribution in [0.5, 0.6) is 0 Å². The van der Waals surface area contributed by atoms with Crippen molar-refractivity contribution in [1.29, 1.82) is 0 Å². The van der Waals surface area contributed by atoms with E-state index in [2.05, 4.69) is 9.71 Å². The highest BCUT2D eigenvalue weighted by Gasteiger charge is 2.15. The molecule has 0 atom stereocenters. The molecule has 0 spiro atoms. The smallest absolute Gasteiger partial charge is 0.261 e. The Morgan fingerprint density at radius 2 is 1.73 bits per heavy atom. The first-order chi connectivity index (χ1) is 10.5. The number of fused-ring (bicyclic) bond motifs is 1. The van der Waals surface area contributed by atoms with E-state index in [1.165, 1.54) is 0 Å². The minimum atomic E-state index is -3.60. The summed E-state index contributed by atoms with van der Waals surface area (Å²) in [5, 5.41) is 0.985. The summed E-state index contributed by atoms with van der Waals surface area (Å²) in [7, 11) is -3.60. The fourth-order valence-electron chi connectivity index (χ4n) is 2.27. The van der Waals surface area contributed by atoms with Crippen molar-refractivity contribution in [1.82, 2.24) is 4.98 Å². The van der Waals surface area contributed by atoms with Gasteiger partial charge in [-0.15, -0.1) is 0 Å². The van der Waals surface area contributed by atoms with Crippen LogP contribution in [0.3, 0.4) is 0 Å². The van der Waals surface area contributed by atoms with Crippen LogP contribution >= 0.6 is 0 Å². The highest BCUT2D eigenvalue weighted by Crippen LogP contribution is 2.24. The van der Waals surface area contributed by atoms with Crippen molar-refractivity contribution in [3.63, 3.8) is 0 Å². The molecule has 4 nitrogen and oxygen atoms in total. The van der Waals surface area contributed by atoms with Crippen LogP contribution in [-0.2, 0) is 10.0 Å². The predicted octanol–water partition coefficient (Wildman–Crippen LogP) is 3.65. The Kier molecular flexibility index (Phi) is 3.58. The van der Waals surface area contributed by atoms with Crippen molar-refractivity contribution in [3.05, 3.63) is 65.9 Å². The molecule has 0 aliphatic heterocycles. The number of pyridine rings is 1. The van der Waals surface area contributed by atoms with Crippen molar-refractivity contribution in [2.45, 2.75) is 18.7 Å². The van der Waals surface area contributed by atoms with E-state index in [0.29, 0.717) is 5.69 Å². The Morgan fingerprint density at radius 1 is 1.00 bits per heavy atom. The second-order valence-corrected chi connectivity index (χ2v) is 6.96. The second kappa shape index (κ2) is 5.42. The molecule has 0 saturated heterocycles. The van der Waals surface area contributed by atoms with Crippen molar-refractivity contribution in [2.24, 2.45) is 0 Å². The first-order valence-corrected chi connectivity index (χ1v) is 8.39. The Morgan fingerprint density at radius 3 is 2.45 bits per heavy atom. The average molecular weight is 312 g/mol. The van der Waals surface area contributed by atoms with Crippen LogP contribution in [0.4, 0.5) is 5.69 Å². The van der Waals surface area contributed by atoms with Gasteiger partial charge in [0.15, 0.2) is 0 Å². The topological polar surface area (TPSA) is 59.1 Å². The third-order valence-corrected chi connectivity index (χ3v) is 4.91. The van der Waals surface area contributed by atoms with E-state index in [1.54, 1.807) is 36.5 Å². The highest BCUT2D eigenvalue weighted by atomic mass is 32.2. The lowest BCUT2D eigenvalue weighted by molar-refractivity contribution is 0.601. The lowest BCUT2D eigenvalue weighted by Gasteiger charge is -2.12. The molecule has 0 unspecified atom stereocenters. The fraction of sp³-hybridized carbons (Fsp3) is 0.118. The number of nitrogens with zero attached hydrogens (tertiary/aromatic N) is 1. The number of hydrogen-bond donors (Lipinski definition) is 1. The molecule has 2 aromatic carbocycles. The quantitative estimate of drug-likeness (QED) is 0.803. The van der Waals surface area contributed by atoms with Crippen LogP contribution in [0.25, 0.3) is 10.9 Å². The maximum Gasteiger partial charge on any atom is 0.261 e. The maximum absolute atomic E-state index is 12.5. The number of nitrogens with one attached hydrogen (secondary N) is 1. The van der Waals surface area contributed by atoms with Gasteiger partial charge in [-0.25, -0.2) is 8.42 Å². The molecule has 0 radical (unpaired) electrons. The highest BCUT2D eigenvalue weighted by molar-refractivity contribution is 7.92. The van der Waals surface area contributed by atoms with Crippen LogP contribution in [0.15, 0.2) is 59.6 Å². The number of aromatic nitrogens is 1. The zero-order valence-electron chi connectivity index (χ0n) is 12.4. The van der Waals surface area contributed by atoms with Gasteiger partial charge >= 0.3 is 0 Å². The molecule has 0 saturated carbocycles. The summed E-state index contributed by atoms with van der Waals surface area (Å²) in [5.41, 5.74) is 3.18. The number of aryl methyl sites for hydroxylation is 2. The molecule has 0 aliphatic carbocycles. The van der Waals surface area contributed by atoms with Crippen molar-refractivity contribution in [3.8, 4) is 0 Å². The predicted molar refractivity (Wildman–Crippen MR) is 88.5 cm³/mol. The number of anilines is 1. The van der Waals surface area contributed by atoms with Crippen molar-refractivity contribution in [2.75, 3.05) is 4.72 Å². The van der Waals surface area contributed by atoms with Gasteiger partial charge in [0.2, 0.25) is 0 Å². The molecular formula is C17H16N2O2S.